The highest BCUT2D eigenvalue weighted by molar-refractivity contribution is 6.33. The van der Waals surface area contributed by atoms with Crippen molar-refractivity contribution in [3.05, 3.63) is 102 Å². The van der Waals surface area contributed by atoms with Crippen LogP contribution < -0.4 is 0 Å². The SMILES string of the molecule is Clc1ccccc1-c1nc(-c2ccccc2)nc(-c2cccc3oc4ccccc4c23)n1. The molecule has 4 nitrogen and oxygen atoms in total. The van der Waals surface area contributed by atoms with Gasteiger partial charge in [0.15, 0.2) is 17.5 Å². The molecule has 0 atom stereocenters. The van der Waals surface area contributed by atoms with Crippen LogP contribution in [0.2, 0.25) is 5.02 Å². The van der Waals surface area contributed by atoms with Crippen LogP contribution in [0.3, 0.4) is 0 Å². The highest BCUT2D eigenvalue weighted by atomic mass is 35.5. The van der Waals surface area contributed by atoms with Crippen LogP contribution in [-0.4, -0.2) is 15.0 Å². The zero-order chi connectivity index (χ0) is 21.5. The minimum atomic E-state index is 0.532. The number of hydrogen-bond acceptors (Lipinski definition) is 4. The maximum atomic E-state index is 6.50. The Balaban J connectivity index is 1.67. The summed E-state index contributed by atoms with van der Waals surface area (Å²) in [6.07, 6.45) is 0. The van der Waals surface area contributed by atoms with Crippen LogP contribution in [0.15, 0.2) is 101 Å². The Bertz CT molecular complexity index is 1590. The van der Waals surface area contributed by atoms with Crippen LogP contribution in [0.25, 0.3) is 56.1 Å². The van der Waals surface area contributed by atoms with Gasteiger partial charge in [-0.1, -0.05) is 84.4 Å². The summed E-state index contributed by atoms with van der Waals surface area (Å²) in [6.45, 7) is 0. The lowest BCUT2D eigenvalue weighted by Gasteiger charge is -2.10. The minimum Gasteiger partial charge on any atom is -0.456 e. The van der Waals surface area contributed by atoms with E-state index in [0.29, 0.717) is 22.5 Å². The van der Waals surface area contributed by atoms with Gasteiger partial charge in [-0.25, -0.2) is 15.0 Å². The lowest BCUT2D eigenvalue weighted by atomic mass is 10.1. The molecule has 6 aromatic rings. The van der Waals surface area contributed by atoms with Gasteiger partial charge in [-0.2, -0.15) is 0 Å². The van der Waals surface area contributed by atoms with Gasteiger partial charge in [0.25, 0.3) is 0 Å². The van der Waals surface area contributed by atoms with Gasteiger partial charge in [-0.3, -0.25) is 0 Å². The van der Waals surface area contributed by atoms with Crippen LogP contribution >= 0.6 is 11.6 Å². The van der Waals surface area contributed by atoms with E-state index < -0.39 is 0 Å². The predicted octanol–water partition coefficient (Wildman–Crippen LogP) is 7.43. The Kier molecular flexibility index (Phi) is 4.44. The first-order valence-electron chi connectivity index (χ1n) is 10.2. The van der Waals surface area contributed by atoms with E-state index in [1.807, 2.05) is 91.0 Å². The summed E-state index contributed by atoms with van der Waals surface area (Å²) in [5, 5.41) is 2.60. The average molecular weight is 434 g/mol. The molecule has 2 heterocycles. The second-order valence-corrected chi connectivity index (χ2v) is 7.84. The first-order valence-corrected chi connectivity index (χ1v) is 10.6. The first kappa shape index (κ1) is 18.7. The highest BCUT2D eigenvalue weighted by Crippen LogP contribution is 2.36. The van der Waals surface area contributed by atoms with E-state index in [2.05, 4.69) is 6.07 Å². The Labute approximate surface area is 189 Å². The zero-order valence-electron chi connectivity index (χ0n) is 16.9. The van der Waals surface area contributed by atoms with Gasteiger partial charge >= 0.3 is 0 Å². The summed E-state index contributed by atoms with van der Waals surface area (Å²) in [7, 11) is 0. The number of nitrogens with zero attached hydrogens (tertiary/aromatic N) is 3. The number of fused-ring (bicyclic) bond motifs is 3. The van der Waals surface area contributed by atoms with Gasteiger partial charge in [0.1, 0.15) is 11.2 Å². The maximum Gasteiger partial charge on any atom is 0.165 e. The summed E-state index contributed by atoms with van der Waals surface area (Å²) in [5.74, 6) is 1.70. The molecule has 0 N–H and O–H groups in total. The number of furan rings is 1. The lowest BCUT2D eigenvalue weighted by Crippen LogP contribution is -2.00. The molecule has 0 radical (unpaired) electrons. The lowest BCUT2D eigenvalue weighted by molar-refractivity contribution is 0.669. The van der Waals surface area contributed by atoms with Crippen molar-refractivity contribution in [2.45, 2.75) is 0 Å². The summed E-state index contributed by atoms with van der Waals surface area (Å²) < 4.78 is 6.07. The molecular weight excluding hydrogens is 418 g/mol. The number of rotatable bonds is 3. The Morgan fingerprint density at radius 3 is 2.00 bits per heavy atom. The van der Waals surface area contributed by atoms with Crippen LogP contribution in [-0.2, 0) is 0 Å². The third-order valence-corrected chi connectivity index (χ3v) is 5.76. The molecule has 4 aromatic carbocycles. The van der Waals surface area contributed by atoms with E-state index in [-0.39, 0.29) is 0 Å². The summed E-state index contributed by atoms with van der Waals surface area (Å²) in [6, 6.07) is 31.4. The van der Waals surface area contributed by atoms with Gasteiger partial charge in [0.05, 0.1) is 5.02 Å². The van der Waals surface area contributed by atoms with Crippen molar-refractivity contribution >= 4 is 33.5 Å². The van der Waals surface area contributed by atoms with Crippen molar-refractivity contribution < 1.29 is 4.42 Å². The Morgan fingerprint density at radius 2 is 1.16 bits per heavy atom. The molecule has 152 valence electrons. The second-order valence-electron chi connectivity index (χ2n) is 7.43. The van der Waals surface area contributed by atoms with Crippen molar-refractivity contribution in [3.63, 3.8) is 0 Å². The van der Waals surface area contributed by atoms with E-state index in [4.69, 9.17) is 31.0 Å². The predicted molar refractivity (Wildman–Crippen MR) is 128 cm³/mol. The molecule has 0 fully saturated rings. The molecule has 32 heavy (non-hydrogen) atoms. The van der Waals surface area contributed by atoms with Gasteiger partial charge in [0.2, 0.25) is 0 Å². The quantitative estimate of drug-likeness (QED) is 0.291. The number of halogens is 1. The van der Waals surface area contributed by atoms with Gasteiger partial charge < -0.3 is 4.42 Å². The standard InChI is InChI=1S/C27H16ClN3O/c28-21-14-6-4-11-18(21)26-29-25(17-9-2-1-3-10-17)30-27(31-26)20-13-8-16-23-24(20)19-12-5-7-15-22(19)32-23/h1-16H. The maximum absolute atomic E-state index is 6.50. The number of benzene rings is 4. The van der Waals surface area contributed by atoms with Crippen molar-refractivity contribution in [2.24, 2.45) is 0 Å². The molecule has 0 aliphatic rings. The van der Waals surface area contributed by atoms with Crippen molar-refractivity contribution in [3.8, 4) is 34.2 Å². The highest BCUT2D eigenvalue weighted by Gasteiger charge is 2.18. The molecule has 0 amide bonds. The van der Waals surface area contributed by atoms with E-state index in [1.165, 1.54) is 0 Å². The van der Waals surface area contributed by atoms with E-state index >= 15 is 0 Å². The molecule has 0 saturated carbocycles. The Hall–Kier alpha value is -4.02. The number of para-hydroxylation sites is 1. The third-order valence-electron chi connectivity index (χ3n) is 5.43. The second kappa shape index (κ2) is 7.59. The zero-order valence-corrected chi connectivity index (χ0v) is 17.6. The summed E-state index contributed by atoms with van der Waals surface area (Å²) >= 11 is 6.50. The number of aromatic nitrogens is 3. The van der Waals surface area contributed by atoms with E-state index in [0.717, 1.165) is 38.6 Å². The van der Waals surface area contributed by atoms with Crippen LogP contribution in [0.1, 0.15) is 0 Å². The first-order chi connectivity index (χ1) is 15.8. The minimum absolute atomic E-state index is 0.532. The molecule has 5 heteroatoms. The average Bonchev–Trinajstić information content (AvgIpc) is 3.23. The van der Waals surface area contributed by atoms with E-state index in [9.17, 15) is 0 Å². The number of hydrogen-bond donors (Lipinski definition) is 0. The molecule has 0 bridgehead atoms. The molecule has 2 aromatic heterocycles. The summed E-state index contributed by atoms with van der Waals surface area (Å²) in [4.78, 5) is 14.5. The molecular formula is C27H16ClN3O. The molecule has 0 spiro atoms. The van der Waals surface area contributed by atoms with Crippen molar-refractivity contribution in [2.75, 3.05) is 0 Å². The monoisotopic (exact) mass is 433 g/mol. The molecule has 0 unspecified atom stereocenters. The normalized spacial score (nSPS) is 11.3. The van der Waals surface area contributed by atoms with E-state index in [1.54, 1.807) is 0 Å². The molecule has 0 aliphatic heterocycles. The van der Waals surface area contributed by atoms with Crippen LogP contribution in [0.4, 0.5) is 0 Å². The van der Waals surface area contributed by atoms with Gasteiger partial charge in [-0.05, 0) is 24.3 Å². The van der Waals surface area contributed by atoms with Crippen molar-refractivity contribution in [1.29, 1.82) is 0 Å². The molecule has 6 rings (SSSR count). The fourth-order valence-corrected chi connectivity index (χ4v) is 4.16. The largest absolute Gasteiger partial charge is 0.456 e. The van der Waals surface area contributed by atoms with Gasteiger partial charge in [0, 0.05) is 27.5 Å². The Morgan fingerprint density at radius 1 is 0.531 bits per heavy atom. The van der Waals surface area contributed by atoms with Gasteiger partial charge in [-0.15, -0.1) is 0 Å². The topological polar surface area (TPSA) is 51.8 Å². The smallest absolute Gasteiger partial charge is 0.165 e. The molecule has 0 saturated heterocycles. The third kappa shape index (κ3) is 3.13. The van der Waals surface area contributed by atoms with Crippen LogP contribution in [0.5, 0.6) is 0 Å². The summed E-state index contributed by atoms with van der Waals surface area (Å²) in [5.41, 5.74) is 4.19. The fourth-order valence-electron chi connectivity index (χ4n) is 3.94. The van der Waals surface area contributed by atoms with Crippen molar-refractivity contribution in [1.82, 2.24) is 15.0 Å². The van der Waals surface area contributed by atoms with Crippen LogP contribution in [0, 0.1) is 0 Å². The fraction of sp³-hybridized carbons (Fsp3) is 0. The molecule has 0 aliphatic carbocycles.